The smallest absolute Gasteiger partial charge is 0.0566 e. The normalized spacial score (nSPS) is 30.2. The van der Waals surface area contributed by atoms with Crippen LogP contribution < -0.4 is 0 Å². The van der Waals surface area contributed by atoms with Gasteiger partial charge in [-0.05, 0) is 57.0 Å². The van der Waals surface area contributed by atoms with Crippen LogP contribution in [0.4, 0.5) is 0 Å². The van der Waals surface area contributed by atoms with Gasteiger partial charge in [0.1, 0.15) is 0 Å². The Bertz CT molecular complexity index is 190. The second-order valence-corrected chi connectivity index (χ2v) is 5.57. The topological polar surface area (TPSA) is 23.5 Å². The van der Waals surface area contributed by atoms with Gasteiger partial charge in [0.2, 0.25) is 0 Å². The third kappa shape index (κ3) is 2.29. The lowest BCUT2D eigenvalue weighted by Gasteiger charge is -2.41. The molecule has 0 bridgehead atoms. The predicted molar refractivity (Wildman–Crippen MR) is 58.2 cm³/mol. The van der Waals surface area contributed by atoms with Crippen molar-refractivity contribution in [3.63, 3.8) is 0 Å². The first kappa shape index (κ1) is 10.4. The molecule has 1 unspecified atom stereocenters. The Balaban J connectivity index is 1.78. The summed E-state index contributed by atoms with van der Waals surface area (Å²) in [4.78, 5) is 2.59. The standard InChI is InChI=1S/C12H23NO/c1-10(14)12(2)5-7-13(8-6-12)9-11-3-4-11/h10-11,14H,3-9H2,1-2H3. The van der Waals surface area contributed by atoms with Gasteiger partial charge in [-0.3, -0.25) is 0 Å². The molecule has 2 nitrogen and oxygen atoms in total. The van der Waals surface area contributed by atoms with Crippen molar-refractivity contribution in [2.45, 2.75) is 45.6 Å². The second-order valence-electron chi connectivity index (χ2n) is 5.57. The van der Waals surface area contributed by atoms with Gasteiger partial charge in [-0.25, -0.2) is 0 Å². The van der Waals surface area contributed by atoms with E-state index in [4.69, 9.17) is 0 Å². The van der Waals surface area contributed by atoms with Crippen LogP contribution in [0.5, 0.6) is 0 Å². The van der Waals surface area contributed by atoms with Crippen molar-refractivity contribution in [3.05, 3.63) is 0 Å². The Morgan fingerprint density at radius 3 is 2.36 bits per heavy atom. The third-order valence-electron chi connectivity index (χ3n) is 4.22. The summed E-state index contributed by atoms with van der Waals surface area (Å²) in [5.41, 5.74) is 0.181. The zero-order chi connectivity index (χ0) is 10.2. The Morgan fingerprint density at radius 1 is 1.36 bits per heavy atom. The fraction of sp³-hybridized carbons (Fsp3) is 1.00. The molecule has 14 heavy (non-hydrogen) atoms. The summed E-state index contributed by atoms with van der Waals surface area (Å²) in [6, 6.07) is 0. The largest absolute Gasteiger partial charge is 0.393 e. The molecule has 1 atom stereocenters. The molecular weight excluding hydrogens is 174 g/mol. The van der Waals surface area contributed by atoms with E-state index in [0.717, 1.165) is 18.8 Å². The van der Waals surface area contributed by atoms with E-state index in [0.29, 0.717) is 0 Å². The highest BCUT2D eigenvalue weighted by Crippen LogP contribution is 2.36. The van der Waals surface area contributed by atoms with Gasteiger partial charge in [0, 0.05) is 6.54 Å². The molecule has 82 valence electrons. The average Bonchev–Trinajstić information content (AvgIpc) is 2.93. The minimum atomic E-state index is -0.148. The zero-order valence-electron chi connectivity index (χ0n) is 9.50. The van der Waals surface area contributed by atoms with Crippen LogP contribution >= 0.6 is 0 Å². The van der Waals surface area contributed by atoms with E-state index in [1.54, 1.807) is 0 Å². The monoisotopic (exact) mass is 197 g/mol. The first-order chi connectivity index (χ1) is 6.60. The Morgan fingerprint density at radius 2 is 1.93 bits per heavy atom. The van der Waals surface area contributed by atoms with Crippen LogP contribution in [-0.2, 0) is 0 Å². The van der Waals surface area contributed by atoms with E-state index in [1.165, 1.54) is 32.5 Å². The van der Waals surface area contributed by atoms with Crippen molar-refractivity contribution in [1.29, 1.82) is 0 Å². The van der Waals surface area contributed by atoms with Crippen molar-refractivity contribution in [3.8, 4) is 0 Å². The minimum absolute atomic E-state index is 0.148. The van der Waals surface area contributed by atoms with Gasteiger partial charge in [-0.1, -0.05) is 6.92 Å². The summed E-state index contributed by atoms with van der Waals surface area (Å²) in [6.07, 6.45) is 5.08. The summed E-state index contributed by atoms with van der Waals surface area (Å²) in [6.45, 7) is 7.87. The van der Waals surface area contributed by atoms with Gasteiger partial charge < -0.3 is 10.0 Å². The highest BCUT2D eigenvalue weighted by atomic mass is 16.3. The fourth-order valence-electron chi connectivity index (χ4n) is 2.33. The first-order valence-corrected chi connectivity index (χ1v) is 6.00. The van der Waals surface area contributed by atoms with E-state index in [1.807, 2.05) is 6.92 Å². The van der Waals surface area contributed by atoms with Crippen LogP contribution in [0.15, 0.2) is 0 Å². The molecular formula is C12H23NO. The van der Waals surface area contributed by atoms with Gasteiger partial charge in [-0.15, -0.1) is 0 Å². The molecule has 0 spiro atoms. The lowest BCUT2D eigenvalue weighted by atomic mass is 9.76. The van der Waals surface area contributed by atoms with Crippen molar-refractivity contribution in [2.24, 2.45) is 11.3 Å². The van der Waals surface area contributed by atoms with E-state index in [-0.39, 0.29) is 11.5 Å². The zero-order valence-corrected chi connectivity index (χ0v) is 9.50. The van der Waals surface area contributed by atoms with E-state index < -0.39 is 0 Å². The fourth-order valence-corrected chi connectivity index (χ4v) is 2.33. The van der Waals surface area contributed by atoms with Gasteiger partial charge in [0.15, 0.2) is 0 Å². The van der Waals surface area contributed by atoms with Gasteiger partial charge in [0.05, 0.1) is 6.10 Å². The average molecular weight is 197 g/mol. The highest BCUT2D eigenvalue weighted by molar-refractivity contribution is 4.88. The molecule has 1 aliphatic carbocycles. The minimum Gasteiger partial charge on any atom is -0.393 e. The predicted octanol–water partition coefficient (Wildman–Crippen LogP) is 1.88. The Labute approximate surface area is 87.3 Å². The van der Waals surface area contributed by atoms with Crippen LogP contribution in [0.25, 0.3) is 0 Å². The highest BCUT2D eigenvalue weighted by Gasteiger charge is 2.35. The molecule has 1 heterocycles. The second kappa shape index (κ2) is 3.82. The quantitative estimate of drug-likeness (QED) is 0.746. The van der Waals surface area contributed by atoms with Crippen molar-refractivity contribution in [2.75, 3.05) is 19.6 Å². The summed E-state index contributed by atoms with van der Waals surface area (Å²) in [7, 11) is 0. The van der Waals surface area contributed by atoms with Crippen molar-refractivity contribution < 1.29 is 5.11 Å². The Hall–Kier alpha value is -0.0800. The lowest BCUT2D eigenvalue weighted by Crippen LogP contribution is -2.44. The molecule has 1 saturated carbocycles. The maximum Gasteiger partial charge on any atom is 0.0566 e. The van der Waals surface area contributed by atoms with E-state index in [2.05, 4.69) is 11.8 Å². The molecule has 1 N–H and O–H groups in total. The van der Waals surface area contributed by atoms with Crippen LogP contribution in [0.3, 0.4) is 0 Å². The number of aliphatic hydroxyl groups is 1. The molecule has 2 heteroatoms. The molecule has 1 aliphatic heterocycles. The molecule has 0 aromatic rings. The molecule has 1 saturated heterocycles. The molecule has 2 aliphatic rings. The lowest BCUT2D eigenvalue weighted by molar-refractivity contribution is -0.00101. The molecule has 0 aromatic heterocycles. The molecule has 2 rings (SSSR count). The molecule has 0 aromatic carbocycles. The van der Waals surface area contributed by atoms with Crippen LogP contribution in [0, 0.1) is 11.3 Å². The number of hydrogen-bond donors (Lipinski definition) is 1. The third-order valence-corrected chi connectivity index (χ3v) is 4.22. The maximum absolute atomic E-state index is 9.70. The van der Waals surface area contributed by atoms with Gasteiger partial charge in [0.25, 0.3) is 0 Å². The van der Waals surface area contributed by atoms with Gasteiger partial charge >= 0.3 is 0 Å². The van der Waals surface area contributed by atoms with E-state index in [9.17, 15) is 5.11 Å². The summed E-state index contributed by atoms with van der Waals surface area (Å²) in [5.74, 6) is 1.01. The van der Waals surface area contributed by atoms with Crippen molar-refractivity contribution >= 4 is 0 Å². The number of likely N-dealkylation sites (tertiary alicyclic amines) is 1. The van der Waals surface area contributed by atoms with Gasteiger partial charge in [-0.2, -0.15) is 0 Å². The number of aliphatic hydroxyl groups excluding tert-OH is 1. The molecule has 0 radical (unpaired) electrons. The summed E-state index contributed by atoms with van der Waals surface area (Å²) in [5, 5.41) is 9.70. The van der Waals surface area contributed by atoms with E-state index >= 15 is 0 Å². The first-order valence-electron chi connectivity index (χ1n) is 6.00. The van der Waals surface area contributed by atoms with Crippen LogP contribution in [-0.4, -0.2) is 35.7 Å². The number of rotatable bonds is 3. The molecule has 2 fully saturated rings. The number of piperidine rings is 1. The van der Waals surface area contributed by atoms with Crippen molar-refractivity contribution in [1.82, 2.24) is 4.90 Å². The van der Waals surface area contributed by atoms with Crippen LogP contribution in [0.1, 0.15) is 39.5 Å². The SMILES string of the molecule is CC(O)C1(C)CCN(CC2CC2)CC1. The molecule has 0 amide bonds. The van der Waals surface area contributed by atoms with Crippen LogP contribution in [0.2, 0.25) is 0 Å². The summed E-state index contributed by atoms with van der Waals surface area (Å²) < 4.78 is 0. The number of hydrogen-bond acceptors (Lipinski definition) is 2. The number of nitrogens with zero attached hydrogens (tertiary/aromatic N) is 1. The maximum atomic E-state index is 9.70. The summed E-state index contributed by atoms with van der Waals surface area (Å²) >= 11 is 0. The Kier molecular flexibility index (Phi) is 2.85.